The fourth-order valence-electron chi connectivity index (χ4n) is 2.84. The van der Waals surface area contributed by atoms with E-state index in [2.05, 4.69) is 9.97 Å². The topological polar surface area (TPSA) is 64.5 Å². The first-order valence-corrected chi connectivity index (χ1v) is 8.02. The van der Waals surface area contributed by atoms with Gasteiger partial charge in [0.1, 0.15) is 5.75 Å². The second-order valence-corrected chi connectivity index (χ2v) is 5.82. The molecule has 0 radical (unpaired) electrons. The van der Waals surface area contributed by atoms with Gasteiger partial charge in [-0.3, -0.25) is 14.8 Å². The van der Waals surface area contributed by atoms with Crippen molar-refractivity contribution in [3.63, 3.8) is 0 Å². The summed E-state index contributed by atoms with van der Waals surface area (Å²) in [7, 11) is 1.61. The van der Waals surface area contributed by atoms with Crippen molar-refractivity contribution in [2.45, 2.75) is 6.42 Å². The zero-order chi connectivity index (χ0) is 16.8. The van der Waals surface area contributed by atoms with E-state index in [0.29, 0.717) is 31.9 Å². The quantitative estimate of drug-likeness (QED) is 0.857. The predicted molar refractivity (Wildman–Crippen MR) is 88.9 cm³/mol. The third-order valence-corrected chi connectivity index (χ3v) is 4.08. The van der Waals surface area contributed by atoms with Crippen LogP contribution in [0.5, 0.6) is 5.75 Å². The second-order valence-electron chi connectivity index (χ2n) is 5.82. The lowest BCUT2D eigenvalue weighted by Crippen LogP contribution is -2.36. The van der Waals surface area contributed by atoms with Crippen LogP contribution in [-0.4, -0.2) is 54.2 Å². The molecule has 3 rings (SSSR count). The molecule has 1 aliphatic rings. The second kappa shape index (κ2) is 7.88. The van der Waals surface area contributed by atoms with Crippen molar-refractivity contribution < 1.29 is 14.3 Å². The molecule has 0 unspecified atom stereocenters. The molecule has 1 atom stereocenters. The average molecular weight is 327 g/mol. The van der Waals surface area contributed by atoms with E-state index in [-0.39, 0.29) is 11.8 Å². The molecule has 1 aliphatic heterocycles. The summed E-state index contributed by atoms with van der Waals surface area (Å²) in [5, 5.41) is 0. The molecule has 2 heterocycles. The Kier molecular flexibility index (Phi) is 5.38. The Bertz CT molecular complexity index is 661. The van der Waals surface area contributed by atoms with Gasteiger partial charge in [-0.05, 0) is 30.7 Å². The van der Waals surface area contributed by atoms with Gasteiger partial charge < -0.3 is 14.4 Å². The lowest BCUT2D eigenvalue weighted by molar-refractivity contribution is 0.0737. The maximum Gasteiger partial charge on any atom is 0.253 e. The maximum absolute atomic E-state index is 12.8. The van der Waals surface area contributed by atoms with E-state index in [0.717, 1.165) is 17.9 Å². The molecule has 1 aromatic carbocycles. The number of aromatic nitrogens is 2. The zero-order valence-corrected chi connectivity index (χ0v) is 13.7. The van der Waals surface area contributed by atoms with Crippen molar-refractivity contribution in [1.82, 2.24) is 14.9 Å². The van der Waals surface area contributed by atoms with Gasteiger partial charge in [0.2, 0.25) is 0 Å². The molecule has 1 fully saturated rings. The number of hydrogen-bond acceptors (Lipinski definition) is 5. The van der Waals surface area contributed by atoms with Crippen LogP contribution in [0.1, 0.15) is 16.1 Å². The molecule has 0 spiro atoms. The Balaban J connectivity index is 1.68. The van der Waals surface area contributed by atoms with Crippen LogP contribution in [0.2, 0.25) is 0 Å². The number of ether oxygens (including phenoxy) is 2. The summed E-state index contributed by atoms with van der Waals surface area (Å²) >= 11 is 0. The molecule has 0 bridgehead atoms. The molecule has 0 saturated carbocycles. The molecular weight excluding hydrogens is 306 g/mol. The average Bonchev–Trinajstić information content (AvgIpc) is 2.87. The summed E-state index contributed by atoms with van der Waals surface area (Å²) in [5.74, 6) is 0.977. The first-order chi connectivity index (χ1) is 11.8. The summed E-state index contributed by atoms with van der Waals surface area (Å²) in [6.45, 7) is 2.44. The fraction of sp³-hybridized carbons (Fsp3) is 0.389. The van der Waals surface area contributed by atoms with Crippen LogP contribution >= 0.6 is 0 Å². The highest BCUT2D eigenvalue weighted by atomic mass is 16.5. The molecule has 6 heteroatoms. The molecule has 0 N–H and O–H groups in total. The zero-order valence-electron chi connectivity index (χ0n) is 13.7. The van der Waals surface area contributed by atoms with E-state index in [4.69, 9.17) is 9.47 Å². The van der Waals surface area contributed by atoms with Gasteiger partial charge in [0.25, 0.3) is 5.91 Å². The summed E-state index contributed by atoms with van der Waals surface area (Å²) in [5.41, 5.74) is 1.58. The molecule has 6 nitrogen and oxygen atoms in total. The minimum atomic E-state index is 0.0206. The number of carbonyl (C=O) groups is 1. The van der Waals surface area contributed by atoms with Crippen LogP contribution < -0.4 is 4.74 Å². The molecule has 1 amide bonds. The van der Waals surface area contributed by atoms with Gasteiger partial charge >= 0.3 is 0 Å². The fourth-order valence-corrected chi connectivity index (χ4v) is 2.84. The van der Waals surface area contributed by atoms with Crippen LogP contribution in [0, 0.1) is 5.92 Å². The van der Waals surface area contributed by atoms with Gasteiger partial charge in [0.15, 0.2) is 0 Å². The summed E-state index contributed by atoms with van der Waals surface area (Å²) in [4.78, 5) is 23.0. The third kappa shape index (κ3) is 4.08. The van der Waals surface area contributed by atoms with Gasteiger partial charge in [-0.2, -0.15) is 0 Å². The van der Waals surface area contributed by atoms with E-state index in [9.17, 15) is 4.79 Å². The summed E-state index contributed by atoms with van der Waals surface area (Å²) in [6.07, 6.45) is 5.86. The molecule has 1 aromatic heterocycles. The molecule has 1 saturated heterocycles. The van der Waals surface area contributed by atoms with Gasteiger partial charge in [-0.25, -0.2) is 0 Å². The van der Waals surface area contributed by atoms with Crippen molar-refractivity contribution in [2.24, 2.45) is 5.92 Å². The van der Waals surface area contributed by atoms with Crippen LogP contribution in [0.3, 0.4) is 0 Å². The van der Waals surface area contributed by atoms with Crippen molar-refractivity contribution >= 4 is 5.91 Å². The van der Waals surface area contributed by atoms with Crippen LogP contribution in [0.4, 0.5) is 0 Å². The monoisotopic (exact) mass is 327 g/mol. The Hall–Kier alpha value is -2.47. The number of rotatable bonds is 4. The SMILES string of the molecule is COc1ccc(C(=O)N2CCOC[C@H](Cc3cnccn3)C2)cc1. The highest BCUT2D eigenvalue weighted by molar-refractivity contribution is 5.94. The lowest BCUT2D eigenvalue weighted by Gasteiger charge is -2.23. The standard InChI is InChI=1S/C18H21N3O3/c1-23-17-4-2-15(3-5-17)18(22)21-8-9-24-13-14(12-21)10-16-11-19-6-7-20-16/h2-7,11,14H,8-10,12-13H2,1H3/t14-/m1/s1. The normalized spacial score (nSPS) is 18.0. The smallest absolute Gasteiger partial charge is 0.253 e. The number of nitrogens with zero attached hydrogens (tertiary/aromatic N) is 3. The predicted octanol–water partition coefficient (Wildman–Crippen LogP) is 1.82. The Morgan fingerprint density at radius 2 is 2.17 bits per heavy atom. The molecule has 126 valence electrons. The van der Waals surface area contributed by atoms with Crippen LogP contribution in [0.15, 0.2) is 42.9 Å². The first-order valence-electron chi connectivity index (χ1n) is 8.02. The van der Waals surface area contributed by atoms with Crippen molar-refractivity contribution in [1.29, 1.82) is 0 Å². The molecular formula is C18H21N3O3. The molecule has 24 heavy (non-hydrogen) atoms. The van der Waals surface area contributed by atoms with Gasteiger partial charge in [0, 0.05) is 43.2 Å². The minimum absolute atomic E-state index is 0.0206. The van der Waals surface area contributed by atoms with E-state index >= 15 is 0 Å². The Morgan fingerprint density at radius 1 is 1.33 bits per heavy atom. The highest BCUT2D eigenvalue weighted by Crippen LogP contribution is 2.17. The summed E-state index contributed by atoms with van der Waals surface area (Å²) < 4.78 is 10.8. The first kappa shape index (κ1) is 16.4. The van der Waals surface area contributed by atoms with Gasteiger partial charge in [0.05, 0.1) is 26.0 Å². The van der Waals surface area contributed by atoms with Crippen LogP contribution in [0.25, 0.3) is 0 Å². The van der Waals surface area contributed by atoms with E-state index < -0.39 is 0 Å². The number of amides is 1. The number of benzene rings is 1. The van der Waals surface area contributed by atoms with Crippen LogP contribution in [-0.2, 0) is 11.2 Å². The highest BCUT2D eigenvalue weighted by Gasteiger charge is 2.24. The van der Waals surface area contributed by atoms with Crippen molar-refractivity contribution in [2.75, 3.05) is 33.4 Å². The minimum Gasteiger partial charge on any atom is -0.497 e. The maximum atomic E-state index is 12.8. The number of carbonyl (C=O) groups excluding carboxylic acids is 1. The van der Waals surface area contributed by atoms with Crippen molar-refractivity contribution in [3.05, 3.63) is 54.1 Å². The van der Waals surface area contributed by atoms with E-state index in [1.165, 1.54) is 0 Å². The van der Waals surface area contributed by atoms with Crippen molar-refractivity contribution in [3.8, 4) is 5.75 Å². The molecule has 2 aromatic rings. The third-order valence-electron chi connectivity index (χ3n) is 4.08. The van der Waals surface area contributed by atoms with Gasteiger partial charge in [-0.15, -0.1) is 0 Å². The van der Waals surface area contributed by atoms with Gasteiger partial charge in [-0.1, -0.05) is 0 Å². The largest absolute Gasteiger partial charge is 0.497 e. The summed E-state index contributed by atoms with van der Waals surface area (Å²) in [6, 6.07) is 7.20. The number of hydrogen-bond donors (Lipinski definition) is 0. The lowest BCUT2D eigenvalue weighted by atomic mass is 10.0. The van der Waals surface area contributed by atoms with E-state index in [1.807, 2.05) is 4.90 Å². The molecule has 0 aliphatic carbocycles. The Morgan fingerprint density at radius 3 is 2.88 bits per heavy atom. The van der Waals surface area contributed by atoms with E-state index in [1.54, 1.807) is 50.0 Å². The Labute approximate surface area is 141 Å². The number of methoxy groups -OCH3 is 1.